The number of carbonyl (C=O) groups excluding carboxylic acids is 1. The second-order valence-corrected chi connectivity index (χ2v) is 13.8. The number of fused-ring (bicyclic) bond motifs is 1. The lowest BCUT2D eigenvalue weighted by molar-refractivity contribution is 0.126. The highest BCUT2D eigenvalue weighted by atomic mass is 35.7. The fourth-order valence-electron chi connectivity index (χ4n) is 3.35. The molecule has 0 aliphatic carbocycles. The Morgan fingerprint density at radius 1 is 0.950 bits per heavy atom. The Labute approximate surface area is 231 Å². The summed E-state index contributed by atoms with van der Waals surface area (Å²) < 4.78 is 97.6. The number of nitrogens with zero attached hydrogens (tertiary/aromatic N) is 7. The Hall–Kier alpha value is -3.19. The Morgan fingerprint density at radius 2 is 1.48 bits per heavy atom. The molecule has 13 nitrogen and oxygen atoms in total. The molecule has 222 valence electrons. The lowest BCUT2D eigenvalue weighted by Crippen LogP contribution is -2.46. The fraction of sp³-hybridized carbons (Fsp3) is 0.500. The van der Waals surface area contributed by atoms with Crippen LogP contribution >= 0.6 is 10.7 Å². The zero-order valence-electron chi connectivity index (χ0n) is 21.2. The largest absolute Gasteiger partial charge is 0.333 e. The van der Waals surface area contributed by atoms with Crippen molar-refractivity contribution in [3.05, 3.63) is 42.5 Å². The monoisotopic (exact) mass is 632 g/mol. The molecule has 4 rings (SSSR count). The highest BCUT2D eigenvalue weighted by molar-refractivity contribution is 8.13. The molecular weight excluding hydrogens is 608 g/mol. The minimum Gasteiger partial charge on any atom is -0.333 e. The van der Waals surface area contributed by atoms with E-state index in [4.69, 9.17) is 10.7 Å². The van der Waals surface area contributed by atoms with Crippen molar-refractivity contribution >= 4 is 35.8 Å². The van der Waals surface area contributed by atoms with Gasteiger partial charge in [0.05, 0.1) is 44.5 Å². The number of hydrogen-bond donors (Lipinski definition) is 1. The molecule has 1 N–H and O–H groups in total. The first-order valence-electron chi connectivity index (χ1n) is 11.3. The lowest BCUT2D eigenvalue weighted by Gasteiger charge is -2.25. The highest BCUT2D eigenvalue weighted by Crippen LogP contribution is 2.24. The Balaban J connectivity index is 0.000000285. The molecule has 1 aliphatic rings. The van der Waals surface area contributed by atoms with Crippen LogP contribution in [0.4, 0.5) is 22.4 Å². The Bertz CT molecular complexity index is 1540. The van der Waals surface area contributed by atoms with Gasteiger partial charge in [-0.3, -0.25) is 0 Å². The third kappa shape index (κ3) is 8.17. The van der Waals surface area contributed by atoms with Gasteiger partial charge in [-0.1, -0.05) is 0 Å². The quantitative estimate of drug-likeness (QED) is 0.308. The number of amides is 2. The van der Waals surface area contributed by atoms with E-state index in [0.29, 0.717) is 11.3 Å². The third-order valence-electron chi connectivity index (χ3n) is 5.00. The Morgan fingerprint density at radius 3 is 1.93 bits per heavy atom. The number of imidazole rings is 2. The van der Waals surface area contributed by atoms with E-state index >= 15 is 0 Å². The maximum absolute atomic E-state index is 12.6. The number of carbonyl (C=O) groups is 1. The molecule has 1 aliphatic heterocycles. The molecule has 0 radical (unpaired) electrons. The van der Waals surface area contributed by atoms with E-state index in [1.807, 2.05) is 20.8 Å². The van der Waals surface area contributed by atoms with E-state index in [2.05, 4.69) is 20.4 Å². The second-order valence-electron chi connectivity index (χ2n) is 9.55. The minimum absolute atomic E-state index is 0.180. The van der Waals surface area contributed by atoms with Crippen molar-refractivity contribution in [2.45, 2.75) is 75.4 Å². The van der Waals surface area contributed by atoms with Crippen molar-refractivity contribution < 1.29 is 39.2 Å². The molecular formula is C20H25ClF4N8O5S2. The molecule has 0 spiro atoms. The van der Waals surface area contributed by atoms with Crippen molar-refractivity contribution in [3.8, 4) is 0 Å². The molecule has 3 aromatic rings. The van der Waals surface area contributed by atoms with Crippen LogP contribution in [0.2, 0.25) is 0 Å². The third-order valence-corrected chi connectivity index (χ3v) is 7.61. The van der Waals surface area contributed by atoms with Crippen LogP contribution in [-0.4, -0.2) is 74.4 Å². The van der Waals surface area contributed by atoms with Crippen molar-refractivity contribution in [1.29, 1.82) is 0 Å². The summed E-state index contributed by atoms with van der Waals surface area (Å²) in [4.78, 5) is 20.8. The predicted molar refractivity (Wildman–Crippen MR) is 132 cm³/mol. The van der Waals surface area contributed by atoms with Gasteiger partial charge in [0, 0.05) is 40.4 Å². The van der Waals surface area contributed by atoms with Gasteiger partial charge in [-0.15, -0.1) is 0 Å². The van der Waals surface area contributed by atoms with Crippen LogP contribution in [0.15, 0.2) is 41.3 Å². The van der Waals surface area contributed by atoms with Crippen molar-refractivity contribution in [3.63, 3.8) is 0 Å². The second kappa shape index (κ2) is 11.7. The van der Waals surface area contributed by atoms with Gasteiger partial charge in [0.25, 0.3) is 21.9 Å². The van der Waals surface area contributed by atoms with Crippen molar-refractivity contribution in [2.24, 2.45) is 0 Å². The normalized spacial score (nSPS) is 13.9. The van der Waals surface area contributed by atoms with Gasteiger partial charge < -0.3 is 19.4 Å². The number of rotatable bonds is 7. The van der Waals surface area contributed by atoms with Gasteiger partial charge in [0.15, 0.2) is 10.1 Å². The predicted octanol–water partition coefficient (Wildman–Crippen LogP) is 2.48. The van der Waals surface area contributed by atoms with Gasteiger partial charge >= 0.3 is 16.1 Å². The summed E-state index contributed by atoms with van der Waals surface area (Å²) in [6.07, 6.45) is 0.164. The minimum atomic E-state index is -4.09. The van der Waals surface area contributed by atoms with Crippen LogP contribution in [-0.2, 0) is 45.3 Å². The maximum atomic E-state index is 12.6. The molecule has 3 aromatic heterocycles. The van der Waals surface area contributed by atoms with Crippen LogP contribution in [0.5, 0.6) is 0 Å². The SMILES string of the molecule is CC(C)(C)NC(=O)N1Cc2cn(S(=O)(=O)c3cn(CC(F)F)cn3)nc2C1.O=S(=O)(Cl)c1cn(CC(F)F)cn1. The van der Waals surface area contributed by atoms with Gasteiger partial charge in [-0.05, 0) is 20.8 Å². The van der Waals surface area contributed by atoms with E-state index in [1.165, 1.54) is 11.1 Å². The average molecular weight is 633 g/mol. The topological polar surface area (TPSA) is 154 Å². The average Bonchev–Trinajstić information content (AvgIpc) is 3.55. The number of alkyl halides is 4. The van der Waals surface area contributed by atoms with Gasteiger partial charge in [0.2, 0.25) is 0 Å². The summed E-state index contributed by atoms with van der Waals surface area (Å²) in [6, 6.07) is -0.263. The first-order valence-corrected chi connectivity index (χ1v) is 15.0. The van der Waals surface area contributed by atoms with Crippen LogP contribution in [0.25, 0.3) is 0 Å². The van der Waals surface area contributed by atoms with Gasteiger partial charge in [-0.25, -0.2) is 40.7 Å². The van der Waals surface area contributed by atoms with E-state index in [-0.39, 0.29) is 24.1 Å². The molecule has 0 bridgehead atoms. The molecule has 4 heterocycles. The van der Waals surface area contributed by atoms with Gasteiger partial charge in [0.1, 0.15) is 0 Å². The molecule has 0 unspecified atom stereocenters. The number of nitrogens with one attached hydrogen (secondary N) is 1. The number of aromatic nitrogens is 6. The first-order chi connectivity index (χ1) is 18.3. The summed E-state index contributed by atoms with van der Waals surface area (Å²) in [5.74, 6) is 0. The zero-order valence-corrected chi connectivity index (χ0v) is 23.6. The standard InChI is InChI=1S/C15H20F2N6O3S.C5H5ClF2N2O2S/c1-15(2,3)19-14(24)22-4-10-5-23(20-11(10)6-22)27(25,26)13-8-21(9-18-13)7-12(16)17;6-13(11,12)5-2-10(3-9-5)1-4(7)8/h5,8-9,12H,4,6-7H2,1-3H3,(H,19,24);2-4H,1H2. The maximum Gasteiger partial charge on any atom is 0.318 e. The van der Waals surface area contributed by atoms with E-state index in [9.17, 15) is 39.2 Å². The molecule has 0 aromatic carbocycles. The molecule has 2 amide bonds. The zero-order chi connectivity index (χ0) is 30.0. The number of halogens is 5. The lowest BCUT2D eigenvalue weighted by atomic mass is 10.1. The van der Waals surface area contributed by atoms with Crippen LogP contribution in [0.1, 0.15) is 32.0 Å². The number of urea groups is 1. The highest BCUT2D eigenvalue weighted by Gasteiger charge is 2.31. The molecule has 0 saturated carbocycles. The Kier molecular flexibility index (Phi) is 9.19. The molecule has 0 saturated heterocycles. The van der Waals surface area contributed by atoms with E-state index in [1.54, 1.807) is 0 Å². The smallest absolute Gasteiger partial charge is 0.318 e. The van der Waals surface area contributed by atoms with E-state index in [0.717, 1.165) is 38.3 Å². The van der Waals surface area contributed by atoms with Crippen LogP contribution < -0.4 is 5.32 Å². The molecule has 0 atom stereocenters. The van der Waals surface area contributed by atoms with Crippen LogP contribution in [0, 0.1) is 0 Å². The fourth-order valence-corrected chi connectivity index (χ4v) is 5.13. The van der Waals surface area contributed by atoms with Crippen LogP contribution in [0.3, 0.4) is 0 Å². The van der Waals surface area contributed by atoms with Gasteiger partial charge in [-0.2, -0.15) is 17.6 Å². The molecule has 20 heteroatoms. The summed E-state index contributed by atoms with van der Waals surface area (Å²) in [5, 5.41) is 6.09. The summed E-state index contributed by atoms with van der Waals surface area (Å²) >= 11 is 0. The number of hydrogen-bond acceptors (Lipinski definition) is 8. The first kappa shape index (κ1) is 31.3. The summed E-state index contributed by atoms with van der Waals surface area (Å²) in [7, 11) is -3.09. The summed E-state index contributed by atoms with van der Waals surface area (Å²) in [5.41, 5.74) is 0.682. The molecule has 0 fully saturated rings. The van der Waals surface area contributed by atoms with Crippen molar-refractivity contribution in [2.75, 3.05) is 0 Å². The molecule has 40 heavy (non-hydrogen) atoms. The van der Waals surface area contributed by atoms with E-state index < -0.39 is 55.6 Å². The van der Waals surface area contributed by atoms with Crippen molar-refractivity contribution in [1.82, 2.24) is 38.5 Å². The summed E-state index contributed by atoms with van der Waals surface area (Å²) in [6.45, 7) is 4.75.